The van der Waals surface area contributed by atoms with Crippen LogP contribution >= 0.6 is 22.9 Å². The highest BCUT2D eigenvalue weighted by molar-refractivity contribution is 7.12. The van der Waals surface area contributed by atoms with Gasteiger partial charge in [-0.15, -0.1) is 11.3 Å². The van der Waals surface area contributed by atoms with Crippen molar-refractivity contribution in [1.82, 2.24) is 9.78 Å². The van der Waals surface area contributed by atoms with Crippen molar-refractivity contribution in [3.05, 3.63) is 99.2 Å². The van der Waals surface area contributed by atoms with E-state index >= 15 is 0 Å². The largest absolute Gasteiger partial charge is 0.489 e. The maximum atomic E-state index is 13.2. The van der Waals surface area contributed by atoms with Gasteiger partial charge in [0.1, 0.15) is 18.2 Å². The van der Waals surface area contributed by atoms with Crippen LogP contribution in [0.25, 0.3) is 0 Å². The predicted octanol–water partition coefficient (Wildman–Crippen LogP) is 5.62. The molecule has 1 amide bonds. The molecule has 0 bridgehead atoms. The van der Waals surface area contributed by atoms with E-state index in [2.05, 4.69) is 10.4 Å². The Balaban J connectivity index is 1.36. The van der Waals surface area contributed by atoms with Gasteiger partial charge in [0.2, 0.25) is 0 Å². The van der Waals surface area contributed by atoms with Crippen LogP contribution in [0.4, 0.5) is 10.1 Å². The SMILES string of the molecule is O=C(Nc1cccc(Cn2cc(Cl)cn2)c1)c1cc(COc2cccc(F)c2)cs1. The monoisotopic (exact) mass is 441 g/mol. The number of aromatic nitrogens is 2. The molecule has 0 unspecified atom stereocenters. The zero-order valence-corrected chi connectivity index (χ0v) is 17.3. The smallest absolute Gasteiger partial charge is 0.265 e. The average molecular weight is 442 g/mol. The molecule has 0 fully saturated rings. The molecule has 0 aliphatic heterocycles. The summed E-state index contributed by atoms with van der Waals surface area (Å²) in [5.74, 6) is -0.102. The third kappa shape index (κ3) is 5.25. The summed E-state index contributed by atoms with van der Waals surface area (Å²) in [6.45, 7) is 0.812. The van der Waals surface area contributed by atoms with Gasteiger partial charge in [0, 0.05) is 23.5 Å². The van der Waals surface area contributed by atoms with E-state index in [0.717, 1.165) is 11.1 Å². The van der Waals surface area contributed by atoms with E-state index in [1.165, 1.54) is 23.5 Å². The van der Waals surface area contributed by atoms with Crippen LogP contribution in [0.2, 0.25) is 5.02 Å². The van der Waals surface area contributed by atoms with E-state index in [9.17, 15) is 9.18 Å². The van der Waals surface area contributed by atoms with Crippen LogP contribution in [0, 0.1) is 5.82 Å². The summed E-state index contributed by atoms with van der Waals surface area (Å²) in [5.41, 5.74) is 2.53. The highest BCUT2D eigenvalue weighted by Gasteiger charge is 2.11. The van der Waals surface area contributed by atoms with Gasteiger partial charge in [-0.05, 0) is 41.3 Å². The minimum absolute atomic E-state index is 0.198. The zero-order chi connectivity index (χ0) is 20.9. The number of halogens is 2. The lowest BCUT2D eigenvalue weighted by molar-refractivity contribution is 0.103. The molecule has 30 heavy (non-hydrogen) atoms. The second kappa shape index (κ2) is 9.11. The van der Waals surface area contributed by atoms with Crippen molar-refractivity contribution in [3.8, 4) is 5.75 Å². The first-order valence-electron chi connectivity index (χ1n) is 9.09. The van der Waals surface area contributed by atoms with Crippen LogP contribution in [0.15, 0.2) is 72.4 Å². The molecule has 2 aromatic carbocycles. The first-order chi connectivity index (χ1) is 14.5. The van der Waals surface area contributed by atoms with Crippen LogP contribution in [0.1, 0.15) is 20.8 Å². The fraction of sp³-hybridized carbons (Fsp3) is 0.0909. The number of benzene rings is 2. The normalized spacial score (nSPS) is 10.7. The van der Waals surface area contributed by atoms with Crippen LogP contribution < -0.4 is 10.1 Å². The van der Waals surface area contributed by atoms with Gasteiger partial charge in [-0.25, -0.2) is 4.39 Å². The maximum Gasteiger partial charge on any atom is 0.265 e. The number of ether oxygens (including phenoxy) is 1. The van der Waals surface area contributed by atoms with Crippen molar-refractivity contribution in [2.75, 3.05) is 5.32 Å². The topological polar surface area (TPSA) is 56.2 Å². The van der Waals surface area contributed by atoms with Gasteiger partial charge in [-0.2, -0.15) is 5.10 Å². The fourth-order valence-electron chi connectivity index (χ4n) is 2.85. The first kappa shape index (κ1) is 20.1. The number of hydrogen-bond donors (Lipinski definition) is 1. The molecule has 0 spiro atoms. The minimum Gasteiger partial charge on any atom is -0.489 e. The van der Waals surface area contributed by atoms with Gasteiger partial charge >= 0.3 is 0 Å². The van der Waals surface area contributed by atoms with Crippen LogP contribution in [-0.4, -0.2) is 15.7 Å². The summed E-state index contributed by atoms with van der Waals surface area (Å²) >= 11 is 7.23. The van der Waals surface area contributed by atoms with Crippen LogP contribution in [0.3, 0.4) is 0 Å². The molecule has 8 heteroatoms. The van der Waals surface area contributed by atoms with E-state index < -0.39 is 0 Å². The summed E-state index contributed by atoms with van der Waals surface area (Å²) in [5, 5.41) is 9.50. The summed E-state index contributed by atoms with van der Waals surface area (Å²) in [7, 11) is 0. The molecule has 0 saturated heterocycles. The molecule has 0 radical (unpaired) electrons. The Kier molecular flexibility index (Phi) is 6.11. The van der Waals surface area contributed by atoms with Crippen LogP contribution in [0.5, 0.6) is 5.75 Å². The lowest BCUT2D eigenvalue weighted by Gasteiger charge is -2.07. The van der Waals surface area contributed by atoms with E-state index in [0.29, 0.717) is 27.9 Å². The van der Waals surface area contributed by atoms with Gasteiger partial charge in [0.25, 0.3) is 5.91 Å². The third-order valence-electron chi connectivity index (χ3n) is 4.21. The molecule has 0 saturated carbocycles. The van der Waals surface area contributed by atoms with Crippen molar-refractivity contribution in [1.29, 1.82) is 0 Å². The number of nitrogens with one attached hydrogen (secondary N) is 1. The standard InChI is InChI=1S/C22H17ClFN3O2S/c23-17-10-25-27(12-17)11-15-3-1-5-19(7-15)26-22(28)21-8-16(14-30-21)13-29-20-6-2-4-18(24)9-20/h1-10,12,14H,11,13H2,(H,26,28). The Morgan fingerprint density at radius 3 is 2.83 bits per heavy atom. The Labute approximate surface area is 181 Å². The molecule has 2 heterocycles. The van der Waals surface area contributed by atoms with Crippen molar-refractivity contribution < 1.29 is 13.9 Å². The summed E-state index contributed by atoms with van der Waals surface area (Å²) in [4.78, 5) is 13.2. The van der Waals surface area contributed by atoms with E-state index in [1.807, 2.05) is 29.6 Å². The quantitative estimate of drug-likeness (QED) is 0.405. The van der Waals surface area contributed by atoms with Gasteiger partial charge in [-0.1, -0.05) is 29.8 Å². The summed E-state index contributed by atoms with van der Waals surface area (Å²) in [6.07, 6.45) is 3.32. The summed E-state index contributed by atoms with van der Waals surface area (Å²) < 4.78 is 20.5. The molecule has 152 valence electrons. The molecule has 0 aliphatic carbocycles. The zero-order valence-electron chi connectivity index (χ0n) is 15.7. The molecular weight excluding hydrogens is 425 g/mol. The average Bonchev–Trinajstić information content (AvgIpc) is 3.36. The Bertz CT molecular complexity index is 1170. The number of carbonyl (C=O) groups is 1. The molecule has 2 aromatic heterocycles. The number of rotatable bonds is 7. The third-order valence-corrected chi connectivity index (χ3v) is 5.38. The Morgan fingerprint density at radius 1 is 1.17 bits per heavy atom. The molecule has 1 N–H and O–H groups in total. The number of carbonyl (C=O) groups excluding carboxylic acids is 1. The lowest BCUT2D eigenvalue weighted by atomic mass is 10.2. The second-order valence-electron chi connectivity index (χ2n) is 6.58. The van der Waals surface area contributed by atoms with Crippen molar-refractivity contribution in [3.63, 3.8) is 0 Å². The number of nitrogens with zero attached hydrogens (tertiary/aromatic N) is 2. The van der Waals surface area contributed by atoms with Gasteiger partial charge < -0.3 is 10.1 Å². The molecular formula is C22H17ClFN3O2S. The van der Waals surface area contributed by atoms with E-state index in [1.54, 1.807) is 35.3 Å². The minimum atomic E-state index is -0.351. The van der Waals surface area contributed by atoms with Crippen molar-refractivity contribution >= 4 is 34.5 Å². The highest BCUT2D eigenvalue weighted by Crippen LogP contribution is 2.20. The van der Waals surface area contributed by atoms with E-state index in [-0.39, 0.29) is 18.3 Å². The highest BCUT2D eigenvalue weighted by atomic mass is 35.5. The first-order valence-corrected chi connectivity index (χ1v) is 10.3. The lowest BCUT2D eigenvalue weighted by Crippen LogP contribution is -2.10. The Morgan fingerprint density at radius 2 is 2.03 bits per heavy atom. The number of hydrogen-bond acceptors (Lipinski definition) is 4. The van der Waals surface area contributed by atoms with Gasteiger partial charge in [-0.3, -0.25) is 9.48 Å². The van der Waals surface area contributed by atoms with Gasteiger partial charge in [0.15, 0.2) is 0 Å². The molecule has 0 atom stereocenters. The van der Waals surface area contributed by atoms with Crippen molar-refractivity contribution in [2.45, 2.75) is 13.2 Å². The maximum absolute atomic E-state index is 13.2. The number of anilines is 1. The van der Waals surface area contributed by atoms with Gasteiger partial charge in [0.05, 0.1) is 22.6 Å². The predicted molar refractivity (Wildman–Crippen MR) is 116 cm³/mol. The van der Waals surface area contributed by atoms with Crippen LogP contribution in [-0.2, 0) is 13.2 Å². The fourth-order valence-corrected chi connectivity index (χ4v) is 3.79. The number of thiophene rings is 1. The number of amides is 1. The molecule has 4 rings (SSSR count). The molecule has 5 nitrogen and oxygen atoms in total. The van der Waals surface area contributed by atoms with Crippen molar-refractivity contribution in [2.24, 2.45) is 0 Å². The Hall–Kier alpha value is -3.16. The molecule has 4 aromatic rings. The van der Waals surface area contributed by atoms with E-state index in [4.69, 9.17) is 16.3 Å². The molecule has 0 aliphatic rings. The summed E-state index contributed by atoms with van der Waals surface area (Å²) in [6, 6.07) is 15.3. The second-order valence-corrected chi connectivity index (χ2v) is 7.92.